The second-order valence-corrected chi connectivity index (χ2v) is 7.27. The molecular weight excluding hydrogens is 350 g/mol. The van der Waals surface area contributed by atoms with Crippen LogP contribution in [0.1, 0.15) is 16.7 Å². The van der Waals surface area contributed by atoms with E-state index in [0.29, 0.717) is 19.7 Å². The Bertz CT molecular complexity index is 839. The second kappa shape index (κ2) is 8.05. The summed E-state index contributed by atoms with van der Waals surface area (Å²) in [7, 11) is 3.86. The first-order chi connectivity index (χ1) is 12.8. The Morgan fingerprint density at radius 2 is 2.00 bits per heavy atom. The van der Waals surface area contributed by atoms with Gasteiger partial charge in [-0.1, -0.05) is 17.7 Å². The molecule has 1 heterocycles. The van der Waals surface area contributed by atoms with Gasteiger partial charge in [-0.05, 0) is 45.3 Å². The number of amides is 1. The summed E-state index contributed by atoms with van der Waals surface area (Å²) in [6.45, 7) is 3.33. The van der Waals surface area contributed by atoms with E-state index >= 15 is 0 Å². The van der Waals surface area contributed by atoms with E-state index in [9.17, 15) is 13.6 Å². The minimum atomic E-state index is -0.573. The van der Waals surface area contributed by atoms with Gasteiger partial charge in [0.25, 0.3) is 0 Å². The van der Waals surface area contributed by atoms with Crippen molar-refractivity contribution in [3.8, 4) is 5.75 Å². The van der Waals surface area contributed by atoms with Crippen LogP contribution in [0.2, 0.25) is 0 Å². The summed E-state index contributed by atoms with van der Waals surface area (Å²) in [6, 6.07) is 8.89. The zero-order valence-corrected chi connectivity index (χ0v) is 15.8. The van der Waals surface area contributed by atoms with Crippen molar-refractivity contribution in [1.29, 1.82) is 0 Å². The lowest BCUT2D eigenvalue weighted by Gasteiger charge is -2.31. The van der Waals surface area contributed by atoms with Crippen LogP contribution < -0.4 is 4.74 Å². The van der Waals surface area contributed by atoms with Gasteiger partial charge in [0.2, 0.25) is 5.91 Å². The number of halogens is 2. The van der Waals surface area contributed by atoms with Gasteiger partial charge in [-0.3, -0.25) is 4.79 Å². The average Bonchev–Trinajstić information content (AvgIpc) is 2.77. The highest BCUT2D eigenvalue weighted by molar-refractivity contribution is 5.79. The SMILES string of the molecule is Cc1ccc2c(c1)CN(C(=O)Cc1cc(F)ccc1F)C(CN(C)C)CO2. The summed E-state index contributed by atoms with van der Waals surface area (Å²) in [5.41, 5.74) is 2.06. The van der Waals surface area contributed by atoms with Gasteiger partial charge in [0.05, 0.1) is 12.5 Å². The third kappa shape index (κ3) is 4.63. The second-order valence-electron chi connectivity index (χ2n) is 7.27. The van der Waals surface area contributed by atoms with Gasteiger partial charge in [-0.2, -0.15) is 0 Å². The number of aryl methyl sites for hydroxylation is 1. The van der Waals surface area contributed by atoms with E-state index in [1.165, 1.54) is 0 Å². The number of carbonyl (C=O) groups is 1. The van der Waals surface area contributed by atoms with Gasteiger partial charge >= 0.3 is 0 Å². The lowest BCUT2D eigenvalue weighted by Crippen LogP contribution is -2.47. The molecule has 0 aliphatic carbocycles. The molecule has 1 unspecified atom stereocenters. The Labute approximate surface area is 158 Å². The van der Waals surface area contributed by atoms with Gasteiger partial charge in [0.15, 0.2) is 0 Å². The highest BCUT2D eigenvalue weighted by Crippen LogP contribution is 2.27. The van der Waals surface area contributed by atoms with Crippen LogP contribution >= 0.6 is 0 Å². The zero-order chi connectivity index (χ0) is 19.6. The number of likely N-dealkylation sites (N-methyl/N-ethyl adjacent to an activating group) is 1. The smallest absolute Gasteiger partial charge is 0.227 e. The van der Waals surface area contributed by atoms with E-state index in [0.717, 1.165) is 35.1 Å². The molecule has 0 aromatic heterocycles. The molecule has 1 aliphatic rings. The quantitative estimate of drug-likeness (QED) is 0.824. The maximum Gasteiger partial charge on any atom is 0.227 e. The maximum atomic E-state index is 14.0. The predicted molar refractivity (Wildman–Crippen MR) is 99.6 cm³/mol. The lowest BCUT2D eigenvalue weighted by atomic mass is 10.1. The van der Waals surface area contributed by atoms with Crippen molar-refractivity contribution >= 4 is 5.91 Å². The fourth-order valence-electron chi connectivity index (χ4n) is 3.37. The number of nitrogens with zero attached hydrogens (tertiary/aromatic N) is 2. The van der Waals surface area contributed by atoms with E-state index in [4.69, 9.17) is 4.74 Å². The van der Waals surface area contributed by atoms with E-state index in [1.807, 2.05) is 44.1 Å². The molecule has 0 saturated heterocycles. The highest BCUT2D eigenvalue weighted by Gasteiger charge is 2.29. The summed E-state index contributed by atoms with van der Waals surface area (Å²) < 4.78 is 33.4. The van der Waals surface area contributed by atoms with E-state index in [1.54, 1.807) is 4.90 Å². The van der Waals surface area contributed by atoms with Gasteiger partial charge in [0.1, 0.15) is 24.0 Å². The van der Waals surface area contributed by atoms with Crippen LogP contribution in [0.15, 0.2) is 36.4 Å². The molecule has 0 saturated carbocycles. The molecule has 2 aromatic rings. The molecule has 6 heteroatoms. The van der Waals surface area contributed by atoms with Crippen molar-refractivity contribution in [1.82, 2.24) is 9.80 Å². The molecule has 1 aliphatic heterocycles. The van der Waals surface area contributed by atoms with E-state index in [2.05, 4.69) is 0 Å². The fraction of sp³-hybridized carbons (Fsp3) is 0.381. The van der Waals surface area contributed by atoms with Crippen LogP contribution in [0.4, 0.5) is 8.78 Å². The Balaban J connectivity index is 1.89. The molecule has 1 amide bonds. The summed E-state index contributed by atoms with van der Waals surface area (Å²) >= 11 is 0. The summed E-state index contributed by atoms with van der Waals surface area (Å²) in [5, 5.41) is 0. The Hall–Kier alpha value is -2.47. The molecule has 4 nitrogen and oxygen atoms in total. The molecule has 2 aromatic carbocycles. The van der Waals surface area contributed by atoms with Crippen LogP contribution in [0.5, 0.6) is 5.75 Å². The molecule has 1 atom stereocenters. The van der Waals surface area contributed by atoms with Gasteiger partial charge in [-0.25, -0.2) is 8.78 Å². The molecular formula is C21H24F2N2O2. The zero-order valence-electron chi connectivity index (χ0n) is 15.8. The molecule has 0 N–H and O–H groups in total. The fourth-order valence-corrected chi connectivity index (χ4v) is 3.37. The van der Waals surface area contributed by atoms with Crippen molar-refractivity contribution < 1.29 is 18.3 Å². The molecule has 0 spiro atoms. The number of ether oxygens (including phenoxy) is 1. The largest absolute Gasteiger partial charge is 0.491 e. The van der Waals surface area contributed by atoms with E-state index < -0.39 is 11.6 Å². The van der Waals surface area contributed by atoms with Crippen molar-refractivity contribution in [3.63, 3.8) is 0 Å². The number of fused-ring (bicyclic) bond motifs is 1. The van der Waals surface area contributed by atoms with Crippen LogP contribution in [-0.4, -0.2) is 49.0 Å². The van der Waals surface area contributed by atoms with Gasteiger partial charge in [-0.15, -0.1) is 0 Å². The summed E-state index contributed by atoms with van der Waals surface area (Å²) in [6.07, 6.45) is -0.186. The molecule has 144 valence electrons. The maximum absolute atomic E-state index is 14.0. The number of carbonyl (C=O) groups excluding carboxylic acids is 1. The summed E-state index contributed by atoms with van der Waals surface area (Å²) in [4.78, 5) is 16.7. The van der Waals surface area contributed by atoms with Gasteiger partial charge < -0.3 is 14.5 Å². The molecule has 0 fully saturated rings. The number of hydrogen-bond acceptors (Lipinski definition) is 3. The first-order valence-electron chi connectivity index (χ1n) is 8.94. The lowest BCUT2D eigenvalue weighted by molar-refractivity contribution is -0.134. The average molecular weight is 374 g/mol. The van der Waals surface area contributed by atoms with Crippen LogP contribution in [-0.2, 0) is 17.8 Å². The Morgan fingerprint density at radius 1 is 1.22 bits per heavy atom. The minimum Gasteiger partial charge on any atom is -0.491 e. The standard InChI is InChI=1S/C21H24F2N2O2/c1-14-4-7-20-16(8-14)11-25(18(13-27-20)12-24(2)3)21(26)10-15-9-17(22)5-6-19(15)23/h4-9,18H,10-13H2,1-3H3. The Kier molecular flexibility index (Phi) is 5.75. The van der Waals surface area contributed by atoms with Crippen molar-refractivity contribution in [2.75, 3.05) is 27.2 Å². The van der Waals surface area contributed by atoms with Crippen molar-refractivity contribution in [2.45, 2.75) is 25.9 Å². The summed E-state index contributed by atoms with van der Waals surface area (Å²) in [5.74, 6) is -0.610. The first-order valence-corrected chi connectivity index (χ1v) is 8.94. The van der Waals surface area contributed by atoms with Crippen LogP contribution in [0.3, 0.4) is 0 Å². The normalized spacial score (nSPS) is 16.7. The molecule has 3 rings (SSSR count). The topological polar surface area (TPSA) is 32.8 Å². The Morgan fingerprint density at radius 3 is 2.74 bits per heavy atom. The molecule has 27 heavy (non-hydrogen) atoms. The number of benzene rings is 2. The van der Waals surface area contributed by atoms with E-state index in [-0.39, 0.29) is 23.9 Å². The van der Waals surface area contributed by atoms with Crippen LogP contribution in [0.25, 0.3) is 0 Å². The third-order valence-corrected chi connectivity index (χ3v) is 4.67. The molecule has 0 radical (unpaired) electrons. The van der Waals surface area contributed by atoms with Crippen molar-refractivity contribution in [3.05, 3.63) is 64.7 Å². The predicted octanol–water partition coefficient (Wildman–Crippen LogP) is 3.17. The number of hydrogen-bond donors (Lipinski definition) is 0. The monoisotopic (exact) mass is 374 g/mol. The molecule has 0 bridgehead atoms. The third-order valence-electron chi connectivity index (χ3n) is 4.67. The number of rotatable bonds is 4. The first kappa shape index (κ1) is 19.3. The van der Waals surface area contributed by atoms with Crippen molar-refractivity contribution in [2.24, 2.45) is 0 Å². The minimum absolute atomic E-state index is 0.0678. The highest BCUT2D eigenvalue weighted by atomic mass is 19.1. The van der Waals surface area contributed by atoms with Gasteiger partial charge in [0, 0.05) is 24.2 Å². The van der Waals surface area contributed by atoms with Crippen LogP contribution in [0, 0.1) is 18.6 Å².